The maximum Gasteiger partial charge on any atom is 0.194 e. The number of aryl methyl sites for hydroxylation is 6. The van der Waals surface area contributed by atoms with Crippen molar-refractivity contribution in [1.82, 2.24) is 0 Å². The smallest absolute Gasteiger partial charge is 0.194 e. The summed E-state index contributed by atoms with van der Waals surface area (Å²) in [4.78, 5) is 26.7. The Morgan fingerprint density at radius 2 is 1.07 bits per heavy atom. The Labute approximate surface area is 179 Å². The standard InChI is InChI=1S/C26H25O3P/c1-14-9-16(3)23(17(4)10-14)25(27)20-7-8-22(30-29)21(13-20)26(28)24-18(5)11-15(2)12-19(24)6/h7-13H,1-6H3. The molecule has 0 N–H and O–H groups in total. The van der Waals surface area contributed by atoms with Gasteiger partial charge in [0.1, 0.15) is 0 Å². The lowest BCUT2D eigenvalue weighted by molar-refractivity contribution is 0.103. The van der Waals surface area contributed by atoms with Gasteiger partial charge in [0.15, 0.2) is 20.0 Å². The van der Waals surface area contributed by atoms with E-state index < -0.39 is 0 Å². The second-order valence-electron chi connectivity index (χ2n) is 8.03. The summed E-state index contributed by atoms with van der Waals surface area (Å²) < 4.78 is 11.7. The quantitative estimate of drug-likeness (QED) is 0.383. The highest BCUT2D eigenvalue weighted by Gasteiger charge is 2.22. The third kappa shape index (κ3) is 4.04. The zero-order valence-corrected chi connectivity index (χ0v) is 19.1. The first-order valence-corrected chi connectivity index (χ1v) is 10.7. The first-order chi connectivity index (χ1) is 14.1. The summed E-state index contributed by atoms with van der Waals surface area (Å²) in [5.41, 5.74) is 7.69. The second-order valence-corrected chi connectivity index (χ2v) is 8.69. The summed E-state index contributed by atoms with van der Waals surface area (Å²) in [5, 5.41) is 0.383. The van der Waals surface area contributed by atoms with Gasteiger partial charge in [0.2, 0.25) is 0 Å². The third-order valence-electron chi connectivity index (χ3n) is 5.41. The average molecular weight is 416 g/mol. The molecule has 0 aromatic heterocycles. The Balaban J connectivity index is 2.15. The normalized spacial score (nSPS) is 11.0. The van der Waals surface area contributed by atoms with E-state index in [2.05, 4.69) is 0 Å². The summed E-state index contributed by atoms with van der Waals surface area (Å²) in [6, 6.07) is 12.7. The molecule has 152 valence electrons. The second kappa shape index (κ2) is 8.45. The molecule has 0 heterocycles. The SMILES string of the molecule is Cc1cc(C)c(C(=O)c2ccc(P=O)c(C(=O)c3c(C)cc(C)cc3C)c2)c(C)c1. The minimum absolute atomic E-state index is 0.134. The van der Waals surface area contributed by atoms with Gasteiger partial charge in [-0.2, -0.15) is 0 Å². The molecule has 0 amide bonds. The lowest BCUT2D eigenvalue weighted by Crippen LogP contribution is -2.17. The van der Waals surface area contributed by atoms with Crippen molar-refractivity contribution >= 4 is 25.3 Å². The van der Waals surface area contributed by atoms with Gasteiger partial charge >= 0.3 is 0 Å². The molecular formula is C26H25O3P. The van der Waals surface area contributed by atoms with Crippen LogP contribution in [0.2, 0.25) is 0 Å². The molecule has 0 aliphatic rings. The molecule has 4 heteroatoms. The van der Waals surface area contributed by atoms with Gasteiger partial charge in [-0.05, 0) is 82.0 Å². The topological polar surface area (TPSA) is 51.2 Å². The zero-order valence-electron chi connectivity index (χ0n) is 18.2. The Hall–Kier alpha value is -2.90. The number of ketones is 2. The van der Waals surface area contributed by atoms with Gasteiger partial charge in [-0.25, -0.2) is 0 Å². The molecule has 0 fully saturated rings. The van der Waals surface area contributed by atoms with Crippen molar-refractivity contribution in [3.8, 4) is 0 Å². The van der Waals surface area contributed by atoms with Crippen LogP contribution in [0.3, 0.4) is 0 Å². The van der Waals surface area contributed by atoms with E-state index in [1.165, 1.54) is 0 Å². The van der Waals surface area contributed by atoms with Crippen molar-refractivity contribution in [2.24, 2.45) is 0 Å². The lowest BCUT2D eigenvalue weighted by atomic mass is 9.90. The van der Waals surface area contributed by atoms with Crippen LogP contribution in [-0.4, -0.2) is 11.6 Å². The Morgan fingerprint density at radius 1 is 0.633 bits per heavy atom. The van der Waals surface area contributed by atoms with Crippen LogP contribution in [0.4, 0.5) is 0 Å². The summed E-state index contributed by atoms with van der Waals surface area (Å²) in [6.45, 7) is 11.6. The van der Waals surface area contributed by atoms with Crippen LogP contribution in [0.15, 0.2) is 42.5 Å². The molecule has 0 radical (unpaired) electrons. The van der Waals surface area contributed by atoms with Crippen molar-refractivity contribution in [3.63, 3.8) is 0 Å². The minimum atomic E-state index is -0.249. The Bertz CT molecular complexity index is 1160. The van der Waals surface area contributed by atoms with E-state index in [9.17, 15) is 14.2 Å². The van der Waals surface area contributed by atoms with Crippen LogP contribution in [0.25, 0.3) is 0 Å². The van der Waals surface area contributed by atoms with Crippen LogP contribution < -0.4 is 5.30 Å². The fourth-order valence-electron chi connectivity index (χ4n) is 4.29. The van der Waals surface area contributed by atoms with Crippen molar-refractivity contribution in [2.75, 3.05) is 0 Å². The highest BCUT2D eigenvalue weighted by atomic mass is 31.1. The van der Waals surface area contributed by atoms with E-state index in [4.69, 9.17) is 0 Å². The molecule has 0 saturated heterocycles. The van der Waals surface area contributed by atoms with E-state index >= 15 is 0 Å². The van der Waals surface area contributed by atoms with Crippen molar-refractivity contribution in [1.29, 1.82) is 0 Å². The van der Waals surface area contributed by atoms with Crippen LogP contribution in [0.5, 0.6) is 0 Å². The van der Waals surface area contributed by atoms with Crippen molar-refractivity contribution in [3.05, 3.63) is 98.1 Å². The third-order valence-corrected chi connectivity index (χ3v) is 6.00. The molecule has 0 aliphatic carbocycles. The Kier molecular flexibility index (Phi) is 6.14. The van der Waals surface area contributed by atoms with Gasteiger partial charge in [-0.1, -0.05) is 35.4 Å². The highest BCUT2D eigenvalue weighted by molar-refractivity contribution is 7.34. The predicted molar refractivity (Wildman–Crippen MR) is 122 cm³/mol. The van der Waals surface area contributed by atoms with E-state index in [1.54, 1.807) is 18.2 Å². The Morgan fingerprint density at radius 3 is 1.50 bits per heavy atom. The highest BCUT2D eigenvalue weighted by Crippen LogP contribution is 2.24. The van der Waals surface area contributed by atoms with E-state index in [1.807, 2.05) is 65.8 Å². The molecule has 3 nitrogen and oxygen atoms in total. The number of rotatable bonds is 5. The van der Waals surface area contributed by atoms with Gasteiger partial charge in [-0.3, -0.25) is 14.2 Å². The average Bonchev–Trinajstić information content (AvgIpc) is 2.65. The maximum atomic E-state index is 13.4. The van der Waals surface area contributed by atoms with Crippen LogP contribution in [0, 0.1) is 41.5 Å². The van der Waals surface area contributed by atoms with Gasteiger partial charge in [0.25, 0.3) is 0 Å². The van der Waals surface area contributed by atoms with E-state index in [-0.39, 0.29) is 20.0 Å². The van der Waals surface area contributed by atoms with Gasteiger partial charge < -0.3 is 0 Å². The van der Waals surface area contributed by atoms with Crippen LogP contribution in [-0.2, 0) is 4.57 Å². The van der Waals surface area contributed by atoms with Gasteiger partial charge in [-0.15, -0.1) is 0 Å². The summed E-state index contributed by atoms with van der Waals surface area (Å²) in [7, 11) is -0.249. The monoisotopic (exact) mass is 416 g/mol. The molecule has 3 aromatic rings. The predicted octanol–water partition coefficient (Wildman–Crippen LogP) is 5.92. The largest absolute Gasteiger partial charge is 0.289 e. The summed E-state index contributed by atoms with van der Waals surface area (Å²) >= 11 is 0. The maximum absolute atomic E-state index is 13.4. The molecular weight excluding hydrogens is 391 g/mol. The number of carbonyl (C=O) groups is 2. The van der Waals surface area contributed by atoms with E-state index in [0.717, 1.165) is 33.4 Å². The fourth-order valence-corrected chi connectivity index (χ4v) is 4.69. The first kappa shape index (κ1) is 21.8. The molecule has 3 aromatic carbocycles. The minimum Gasteiger partial charge on any atom is -0.289 e. The van der Waals surface area contributed by atoms with Crippen LogP contribution >= 0.6 is 8.46 Å². The van der Waals surface area contributed by atoms with Crippen LogP contribution in [0.1, 0.15) is 65.2 Å². The molecule has 0 aliphatic heterocycles. The molecule has 0 unspecified atom stereocenters. The number of hydrogen-bond acceptors (Lipinski definition) is 3. The lowest BCUT2D eigenvalue weighted by Gasteiger charge is -2.14. The van der Waals surface area contributed by atoms with E-state index in [0.29, 0.717) is 27.6 Å². The number of carbonyl (C=O) groups excluding carboxylic acids is 2. The first-order valence-electron chi connectivity index (χ1n) is 9.86. The van der Waals surface area contributed by atoms with Crippen molar-refractivity contribution < 1.29 is 14.2 Å². The summed E-state index contributed by atoms with van der Waals surface area (Å²) in [5.74, 6) is -0.346. The number of hydrogen-bond donors (Lipinski definition) is 0. The van der Waals surface area contributed by atoms with Crippen molar-refractivity contribution in [2.45, 2.75) is 41.5 Å². The molecule has 30 heavy (non-hydrogen) atoms. The summed E-state index contributed by atoms with van der Waals surface area (Å²) in [6.07, 6.45) is 0. The molecule has 0 spiro atoms. The number of benzene rings is 3. The molecule has 0 saturated carbocycles. The van der Waals surface area contributed by atoms with Gasteiger partial charge in [0, 0.05) is 22.3 Å². The molecule has 3 rings (SSSR count). The fraction of sp³-hybridized carbons (Fsp3) is 0.231. The van der Waals surface area contributed by atoms with Gasteiger partial charge in [0.05, 0.1) is 5.30 Å². The zero-order chi connectivity index (χ0) is 22.2. The molecule has 0 bridgehead atoms. The molecule has 0 atom stereocenters.